The van der Waals surface area contributed by atoms with E-state index in [2.05, 4.69) is 4.74 Å². The van der Waals surface area contributed by atoms with Gasteiger partial charge >= 0.3 is 12.1 Å². The molecule has 116 valence electrons. The van der Waals surface area contributed by atoms with Crippen LogP contribution in [0.4, 0.5) is 4.79 Å². The summed E-state index contributed by atoms with van der Waals surface area (Å²) in [6.07, 6.45) is 1.21. The fraction of sp³-hybridized carbons (Fsp3) is 0.385. The Morgan fingerprint density at radius 3 is 2.71 bits per heavy atom. The topological polar surface area (TPSA) is 78.6 Å². The summed E-state index contributed by atoms with van der Waals surface area (Å²) in [6, 6.07) is 3.91. The Bertz CT molecular complexity index is 513. The first-order chi connectivity index (χ1) is 9.93. The lowest BCUT2D eigenvalue weighted by atomic mass is 10.2. The Morgan fingerprint density at radius 1 is 1.38 bits per heavy atom. The minimum Gasteiger partial charge on any atom is -0.429 e. The van der Waals surface area contributed by atoms with Gasteiger partial charge in [0.1, 0.15) is 12.6 Å². The van der Waals surface area contributed by atoms with Gasteiger partial charge in [0.05, 0.1) is 0 Å². The molecule has 1 atom stereocenters. The number of ether oxygens (including phenoxy) is 2. The molecule has 0 aliphatic heterocycles. The van der Waals surface area contributed by atoms with E-state index in [-0.39, 0.29) is 6.61 Å². The maximum absolute atomic E-state index is 11.5. The summed E-state index contributed by atoms with van der Waals surface area (Å²) >= 11 is 13.2. The fourth-order valence-corrected chi connectivity index (χ4v) is 2.28. The van der Waals surface area contributed by atoms with Crippen molar-refractivity contribution in [3.05, 3.63) is 33.8 Å². The highest BCUT2D eigenvalue weighted by atomic mass is 35.5. The van der Waals surface area contributed by atoms with E-state index in [4.69, 9.17) is 33.7 Å². The highest BCUT2D eigenvalue weighted by Crippen LogP contribution is 2.21. The normalized spacial score (nSPS) is 11.8. The first-order valence-corrected chi connectivity index (χ1v) is 8.16. The van der Waals surface area contributed by atoms with Crippen LogP contribution < -0.4 is 5.73 Å². The van der Waals surface area contributed by atoms with Gasteiger partial charge in [-0.2, -0.15) is 11.8 Å². The number of esters is 1. The zero-order valence-electron chi connectivity index (χ0n) is 11.3. The van der Waals surface area contributed by atoms with Crippen LogP contribution in [-0.2, 0) is 20.9 Å². The second kappa shape index (κ2) is 9.15. The number of thioether (sulfide) groups is 1. The molecular weight excluding hydrogens is 337 g/mol. The van der Waals surface area contributed by atoms with Crippen molar-refractivity contribution >= 4 is 47.1 Å². The molecule has 1 rings (SSSR count). The third kappa shape index (κ3) is 6.56. The smallest absolute Gasteiger partial charge is 0.429 e. The van der Waals surface area contributed by atoms with Gasteiger partial charge in [-0.05, 0) is 30.6 Å². The SMILES string of the molecule is CSCC[C@H](N)C(=O)OC(=O)OCc1ccc(Cl)cc1Cl. The average Bonchev–Trinajstić information content (AvgIpc) is 2.43. The molecule has 2 N–H and O–H groups in total. The van der Waals surface area contributed by atoms with Crippen LogP contribution in [0.15, 0.2) is 18.2 Å². The Labute approximate surface area is 137 Å². The van der Waals surface area contributed by atoms with E-state index in [9.17, 15) is 9.59 Å². The lowest BCUT2D eigenvalue weighted by Crippen LogP contribution is -2.34. The third-order valence-corrected chi connectivity index (χ3v) is 3.71. The van der Waals surface area contributed by atoms with E-state index in [1.54, 1.807) is 23.9 Å². The van der Waals surface area contributed by atoms with Crippen LogP contribution in [0.5, 0.6) is 0 Å². The minimum atomic E-state index is -1.11. The second-order valence-corrected chi connectivity index (χ2v) is 5.91. The van der Waals surface area contributed by atoms with Gasteiger partial charge in [-0.3, -0.25) is 0 Å². The maximum atomic E-state index is 11.5. The van der Waals surface area contributed by atoms with E-state index in [1.807, 2.05) is 6.26 Å². The average molecular weight is 352 g/mol. The van der Waals surface area contributed by atoms with E-state index in [1.165, 1.54) is 6.07 Å². The number of carbonyl (C=O) groups is 2. The van der Waals surface area contributed by atoms with Gasteiger partial charge in [0.25, 0.3) is 0 Å². The number of hydrogen-bond donors (Lipinski definition) is 1. The Morgan fingerprint density at radius 2 is 2.10 bits per heavy atom. The lowest BCUT2D eigenvalue weighted by Gasteiger charge is -2.10. The second-order valence-electron chi connectivity index (χ2n) is 4.08. The minimum absolute atomic E-state index is 0.123. The lowest BCUT2D eigenvalue weighted by molar-refractivity contribution is -0.141. The molecule has 0 unspecified atom stereocenters. The van der Waals surface area contributed by atoms with Crippen molar-refractivity contribution < 1.29 is 19.1 Å². The molecule has 5 nitrogen and oxygen atoms in total. The summed E-state index contributed by atoms with van der Waals surface area (Å²) in [7, 11) is 0. The summed E-state index contributed by atoms with van der Waals surface area (Å²) in [5, 5.41) is 0.833. The van der Waals surface area contributed by atoms with Crippen molar-refractivity contribution in [2.24, 2.45) is 5.73 Å². The largest absolute Gasteiger partial charge is 0.516 e. The predicted molar refractivity (Wildman–Crippen MR) is 83.7 cm³/mol. The quantitative estimate of drug-likeness (QED) is 0.625. The molecule has 1 aromatic rings. The van der Waals surface area contributed by atoms with Crippen LogP contribution >= 0.6 is 35.0 Å². The number of nitrogens with two attached hydrogens (primary N) is 1. The van der Waals surface area contributed by atoms with Gasteiger partial charge in [-0.1, -0.05) is 29.3 Å². The molecule has 8 heteroatoms. The van der Waals surface area contributed by atoms with Crippen molar-refractivity contribution in [1.82, 2.24) is 0 Å². The van der Waals surface area contributed by atoms with Crippen LogP contribution in [0, 0.1) is 0 Å². The molecule has 0 saturated heterocycles. The van der Waals surface area contributed by atoms with Crippen LogP contribution in [0.1, 0.15) is 12.0 Å². The number of rotatable bonds is 6. The van der Waals surface area contributed by atoms with Crippen molar-refractivity contribution in [2.75, 3.05) is 12.0 Å². The number of carbonyl (C=O) groups excluding carboxylic acids is 2. The summed E-state index contributed by atoms with van der Waals surface area (Å²) in [5.41, 5.74) is 6.12. The van der Waals surface area contributed by atoms with Gasteiger partial charge in [0.15, 0.2) is 0 Å². The third-order valence-electron chi connectivity index (χ3n) is 2.48. The predicted octanol–water partition coefficient (Wildman–Crippen LogP) is 3.25. The molecule has 21 heavy (non-hydrogen) atoms. The molecule has 0 amide bonds. The molecular formula is C13H15Cl2NO4S. The first-order valence-electron chi connectivity index (χ1n) is 6.01. The van der Waals surface area contributed by atoms with Crippen LogP contribution in [0.25, 0.3) is 0 Å². The van der Waals surface area contributed by atoms with Gasteiger partial charge in [0.2, 0.25) is 0 Å². The maximum Gasteiger partial charge on any atom is 0.516 e. The van der Waals surface area contributed by atoms with Crippen molar-refractivity contribution in [3.63, 3.8) is 0 Å². The van der Waals surface area contributed by atoms with Crippen LogP contribution in [-0.4, -0.2) is 30.2 Å². The standard InChI is InChI=1S/C13H15Cl2NO4S/c1-21-5-4-11(16)12(17)20-13(18)19-7-8-2-3-9(14)6-10(8)15/h2-3,6,11H,4-5,7,16H2,1H3/t11-/m0/s1. The van der Waals surface area contributed by atoms with E-state index >= 15 is 0 Å². The van der Waals surface area contributed by atoms with Crippen molar-refractivity contribution in [1.29, 1.82) is 0 Å². The zero-order chi connectivity index (χ0) is 15.8. The highest BCUT2D eigenvalue weighted by molar-refractivity contribution is 7.98. The number of halogens is 2. The van der Waals surface area contributed by atoms with Gasteiger partial charge in [-0.25, -0.2) is 9.59 Å². The van der Waals surface area contributed by atoms with E-state index < -0.39 is 18.2 Å². The molecule has 1 aromatic carbocycles. The molecule has 0 aromatic heterocycles. The molecule has 0 spiro atoms. The summed E-state index contributed by atoms with van der Waals surface area (Å²) in [5.74, 6) is -0.109. The number of benzene rings is 1. The van der Waals surface area contributed by atoms with Crippen molar-refractivity contribution in [2.45, 2.75) is 19.1 Å². The fourth-order valence-electron chi connectivity index (χ4n) is 1.33. The molecule has 0 aliphatic rings. The number of hydrogen-bond acceptors (Lipinski definition) is 6. The molecule has 0 heterocycles. The summed E-state index contributed by atoms with van der Waals surface area (Å²) in [6.45, 7) is -0.123. The molecule has 0 bridgehead atoms. The molecule has 0 fully saturated rings. The van der Waals surface area contributed by atoms with Gasteiger partial charge < -0.3 is 15.2 Å². The molecule has 0 aliphatic carbocycles. The summed E-state index contributed by atoms with van der Waals surface area (Å²) < 4.78 is 9.29. The van der Waals surface area contributed by atoms with E-state index in [0.717, 1.165) is 0 Å². The van der Waals surface area contributed by atoms with Crippen LogP contribution in [0.2, 0.25) is 10.0 Å². The van der Waals surface area contributed by atoms with E-state index in [0.29, 0.717) is 27.8 Å². The molecule has 0 saturated carbocycles. The van der Waals surface area contributed by atoms with Crippen LogP contribution in [0.3, 0.4) is 0 Å². The van der Waals surface area contributed by atoms with Gasteiger partial charge in [-0.15, -0.1) is 0 Å². The molecule has 0 radical (unpaired) electrons. The first kappa shape index (κ1) is 18.1. The summed E-state index contributed by atoms with van der Waals surface area (Å²) in [4.78, 5) is 22.9. The Kier molecular flexibility index (Phi) is 7.88. The van der Waals surface area contributed by atoms with Crippen molar-refractivity contribution in [3.8, 4) is 0 Å². The Balaban J connectivity index is 2.41. The van der Waals surface area contributed by atoms with Gasteiger partial charge in [0, 0.05) is 15.6 Å². The zero-order valence-corrected chi connectivity index (χ0v) is 13.6. The monoisotopic (exact) mass is 351 g/mol. The highest BCUT2D eigenvalue weighted by Gasteiger charge is 2.19. The Hall–Kier alpha value is -0.950.